The van der Waals surface area contributed by atoms with E-state index in [1.165, 1.54) is 12.1 Å². The molecule has 0 spiro atoms. The van der Waals surface area contributed by atoms with Crippen molar-refractivity contribution in [3.63, 3.8) is 0 Å². The molecule has 1 heterocycles. The SMILES string of the molecule is CN=C(NCc1ccc(F)cc1)NCC1CCN(S(=O)(=O)C(F)F)CC1.I. The minimum Gasteiger partial charge on any atom is -0.356 e. The van der Waals surface area contributed by atoms with Gasteiger partial charge < -0.3 is 10.6 Å². The Kier molecular flexibility index (Phi) is 9.81. The van der Waals surface area contributed by atoms with Crippen LogP contribution in [0.25, 0.3) is 0 Å². The van der Waals surface area contributed by atoms with Gasteiger partial charge in [0, 0.05) is 33.2 Å². The molecule has 0 aliphatic carbocycles. The fraction of sp³-hybridized carbons (Fsp3) is 0.562. The van der Waals surface area contributed by atoms with Crippen LogP contribution in [0.4, 0.5) is 13.2 Å². The summed E-state index contributed by atoms with van der Waals surface area (Å²) in [6.45, 7) is 1.23. The van der Waals surface area contributed by atoms with Crippen LogP contribution in [0.2, 0.25) is 0 Å². The maximum Gasteiger partial charge on any atom is 0.350 e. The van der Waals surface area contributed by atoms with Gasteiger partial charge in [0.15, 0.2) is 5.96 Å². The maximum atomic E-state index is 12.9. The Morgan fingerprint density at radius 1 is 1.22 bits per heavy atom. The van der Waals surface area contributed by atoms with E-state index in [4.69, 9.17) is 0 Å². The molecule has 0 unspecified atom stereocenters. The number of guanidine groups is 1. The van der Waals surface area contributed by atoms with Gasteiger partial charge in [-0.05, 0) is 36.5 Å². The van der Waals surface area contributed by atoms with Gasteiger partial charge in [-0.15, -0.1) is 24.0 Å². The predicted octanol–water partition coefficient (Wildman–Crippen LogP) is 2.37. The standard InChI is InChI=1S/C16H23F3N4O2S.HI/c1-20-16(21-10-12-2-4-14(17)5-3-12)22-11-13-6-8-23(9-7-13)26(24,25)15(18)19;/h2-5,13,15H,6-11H2,1H3,(H2,20,21,22);1H. The summed E-state index contributed by atoms with van der Waals surface area (Å²) in [7, 11) is -2.86. The first-order valence-corrected chi connectivity index (χ1v) is 9.79. The van der Waals surface area contributed by atoms with Gasteiger partial charge in [-0.3, -0.25) is 4.99 Å². The lowest BCUT2D eigenvalue weighted by Gasteiger charge is -2.31. The first-order valence-electron chi connectivity index (χ1n) is 8.29. The molecule has 0 saturated carbocycles. The third-order valence-corrected chi connectivity index (χ3v) is 5.85. The van der Waals surface area contributed by atoms with Crippen molar-refractivity contribution in [2.24, 2.45) is 10.9 Å². The van der Waals surface area contributed by atoms with Gasteiger partial charge in [0.05, 0.1) is 0 Å². The van der Waals surface area contributed by atoms with Crippen molar-refractivity contribution >= 4 is 40.0 Å². The van der Waals surface area contributed by atoms with Gasteiger partial charge in [0.2, 0.25) is 0 Å². The number of hydrogen-bond donors (Lipinski definition) is 2. The first kappa shape index (κ1) is 24.0. The van der Waals surface area contributed by atoms with Crippen LogP contribution in [-0.2, 0) is 16.6 Å². The number of hydrogen-bond acceptors (Lipinski definition) is 3. The zero-order valence-electron chi connectivity index (χ0n) is 14.9. The lowest BCUT2D eigenvalue weighted by Crippen LogP contribution is -2.45. The van der Waals surface area contributed by atoms with Gasteiger partial charge in [-0.25, -0.2) is 12.8 Å². The summed E-state index contributed by atoms with van der Waals surface area (Å²) < 4.78 is 61.8. The van der Waals surface area contributed by atoms with E-state index in [0.717, 1.165) is 9.87 Å². The van der Waals surface area contributed by atoms with E-state index in [0.29, 0.717) is 31.9 Å². The zero-order chi connectivity index (χ0) is 19.2. The molecule has 1 aliphatic heterocycles. The first-order chi connectivity index (χ1) is 12.3. The lowest BCUT2D eigenvalue weighted by atomic mass is 9.98. The number of nitrogens with zero attached hydrogens (tertiary/aromatic N) is 2. The van der Waals surface area contributed by atoms with Crippen molar-refractivity contribution in [3.05, 3.63) is 35.6 Å². The Hall–Kier alpha value is -1.08. The van der Waals surface area contributed by atoms with E-state index in [1.807, 2.05) is 0 Å². The van der Waals surface area contributed by atoms with Crippen molar-refractivity contribution in [3.8, 4) is 0 Å². The zero-order valence-corrected chi connectivity index (χ0v) is 18.0. The molecule has 1 aromatic carbocycles. The Balaban J connectivity index is 0.00000364. The largest absolute Gasteiger partial charge is 0.356 e. The van der Waals surface area contributed by atoms with Gasteiger partial charge in [0.1, 0.15) is 5.82 Å². The van der Waals surface area contributed by atoms with Gasteiger partial charge in [0.25, 0.3) is 10.0 Å². The van der Waals surface area contributed by atoms with Crippen molar-refractivity contribution in [1.82, 2.24) is 14.9 Å². The van der Waals surface area contributed by atoms with Crippen LogP contribution in [0, 0.1) is 11.7 Å². The van der Waals surface area contributed by atoms with Crippen LogP contribution < -0.4 is 10.6 Å². The third-order valence-electron chi connectivity index (χ3n) is 4.31. The van der Waals surface area contributed by atoms with Crippen molar-refractivity contribution in [1.29, 1.82) is 0 Å². The van der Waals surface area contributed by atoms with Gasteiger partial charge in [-0.1, -0.05) is 12.1 Å². The molecule has 0 amide bonds. The maximum absolute atomic E-state index is 12.9. The Bertz CT molecular complexity index is 709. The van der Waals surface area contributed by atoms with Crippen LogP contribution in [-0.4, -0.2) is 51.1 Å². The summed E-state index contributed by atoms with van der Waals surface area (Å²) in [5, 5.41) is 6.25. The van der Waals surface area contributed by atoms with Crippen LogP contribution >= 0.6 is 24.0 Å². The number of rotatable bonds is 6. The van der Waals surface area contributed by atoms with Crippen molar-refractivity contribution in [2.75, 3.05) is 26.7 Å². The third kappa shape index (κ3) is 7.11. The molecule has 1 saturated heterocycles. The highest BCUT2D eigenvalue weighted by molar-refractivity contribution is 14.0. The fourth-order valence-corrected chi connectivity index (χ4v) is 3.68. The summed E-state index contributed by atoms with van der Waals surface area (Å²) in [6, 6.07) is 6.12. The molecule has 0 atom stereocenters. The normalized spacial score (nSPS) is 16.9. The second-order valence-electron chi connectivity index (χ2n) is 6.08. The van der Waals surface area contributed by atoms with Crippen LogP contribution in [0.3, 0.4) is 0 Å². The second kappa shape index (κ2) is 11.1. The highest BCUT2D eigenvalue weighted by atomic mass is 127. The Morgan fingerprint density at radius 3 is 2.33 bits per heavy atom. The smallest absolute Gasteiger partial charge is 0.350 e. The van der Waals surface area contributed by atoms with Crippen LogP contribution in [0.15, 0.2) is 29.3 Å². The number of alkyl halides is 2. The molecule has 11 heteroatoms. The summed E-state index contributed by atoms with van der Waals surface area (Å²) >= 11 is 0. The van der Waals surface area contributed by atoms with Crippen LogP contribution in [0.5, 0.6) is 0 Å². The number of nitrogens with one attached hydrogen (secondary N) is 2. The number of aliphatic imine (C=N–C) groups is 1. The molecular formula is C16H24F3IN4O2S. The van der Waals surface area contributed by atoms with E-state index in [1.54, 1.807) is 19.2 Å². The number of halogens is 4. The number of sulfonamides is 1. The van der Waals surface area contributed by atoms with Gasteiger partial charge >= 0.3 is 5.76 Å². The van der Waals surface area contributed by atoms with E-state index in [9.17, 15) is 21.6 Å². The molecule has 0 bridgehead atoms. The highest BCUT2D eigenvalue weighted by Gasteiger charge is 2.34. The molecule has 2 N–H and O–H groups in total. The summed E-state index contributed by atoms with van der Waals surface area (Å²) in [5.74, 6) is -2.93. The molecule has 2 rings (SSSR count). The van der Waals surface area contributed by atoms with Gasteiger partial charge in [-0.2, -0.15) is 13.1 Å². The van der Waals surface area contributed by atoms with Crippen LogP contribution in [0.1, 0.15) is 18.4 Å². The fourth-order valence-electron chi connectivity index (χ4n) is 2.73. The van der Waals surface area contributed by atoms with E-state index in [-0.39, 0.29) is 48.8 Å². The lowest BCUT2D eigenvalue weighted by molar-refractivity contribution is 0.204. The number of piperidine rings is 1. The monoisotopic (exact) mass is 520 g/mol. The molecule has 1 aliphatic rings. The minimum absolute atomic E-state index is 0. The molecule has 6 nitrogen and oxygen atoms in total. The molecule has 1 fully saturated rings. The minimum atomic E-state index is -4.48. The summed E-state index contributed by atoms with van der Waals surface area (Å²) in [4.78, 5) is 4.10. The average molecular weight is 520 g/mol. The Morgan fingerprint density at radius 2 is 1.81 bits per heavy atom. The molecule has 1 aromatic rings. The van der Waals surface area contributed by atoms with E-state index >= 15 is 0 Å². The predicted molar refractivity (Wildman–Crippen MR) is 109 cm³/mol. The quantitative estimate of drug-likeness (QED) is 0.344. The number of benzene rings is 1. The molecular weight excluding hydrogens is 496 g/mol. The average Bonchev–Trinajstić information content (AvgIpc) is 2.63. The second-order valence-corrected chi connectivity index (χ2v) is 7.98. The van der Waals surface area contributed by atoms with E-state index < -0.39 is 15.8 Å². The molecule has 0 aromatic heterocycles. The molecule has 0 radical (unpaired) electrons. The Labute approximate surface area is 174 Å². The molecule has 27 heavy (non-hydrogen) atoms. The summed E-state index contributed by atoms with van der Waals surface area (Å²) in [5.41, 5.74) is 0.903. The highest BCUT2D eigenvalue weighted by Crippen LogP contribution is 2.22. The van der Waals surface area contributed by atoms with E-state index in [2.05, 4.69) is 15.6 Å². The molecule has 154 valence electrons. The van der Waals surface area contributed by atoms with Crippen molar-refractivity contribution < 1.29 is 21.6 Å². The van der Waals surface area contributed by atoms with Crippen molar-refractivity contribution in [2.45, 2.75) is 25.1 Å². The summed E-state index contributed by atoms with van der Waals surface area (Å²) in [6.07, 6.45) is 1.02. The topological polar surface area (TPSA) is 73.8 Å².